The molecule has 11 nitrogen and oxygen atoms in total. The fourth-order valence-electron chi connectivity index (χ4n) is 3.06. The second-order valence-corrected chi connectivity index (χ2v) is 6.53. The van der Waals surface area contributed by atoms with E-state index in [-0.39, 0.29) is 23.6 Å². The molecule has 0 aliphatic carbocycles. The number of rotatable bonds is 4. The van der Waals surface area contributed by atoms with E-state index < -0.39 is 17.4 Å². The Labute approximate surface area is 158 Å². The molecular formula is C17H17N7O4. The van der Waals surface area contributed by atoms with Gasteiger partial charge in [0.05, 0.1) is 5.69 Å². The van der Waals surface area contributed by atoms with E-state index in [0.717, 1.165) is 0 Å². The quantitative estimate of drug-likeness (QED) is 0.550. The highest BCUT2D eigenvalue weighted by molar-refractivity contribution is 5.97. The third-order valence-corrected chi connectivity index (χ3v) is 4.67. The Hall–Kier alpha value is -3.73. The molecule has 0 unspecified atom stereocenters. The molecule has 0 aromatic carbocycles. The van der Waals surface area contributed by atoms with Gasteiger partial charge in [-0.05, 0) is 12.1 Å². The van der Waals surface area contributed by atoms with Crippen molar-refractivity contribution in [1.82, 2.24) is 24.8 Å². The number of hydrogen-bond donors (Lipinski definition) is 3. The maximum atomic E-state index is 12.2. The van der Waals surface area contributed by atoms with Gasteiger partial charge in [0, 0.05) is 32.3 Å². The third kappa shape index (κ3) is 2.68. The molecule has 144 valence electrons. The number of primary amides is 1. The van der Waals surface area contributed by atoms with Crippen molar-refractivity contribution in [3.05, 3.63) is 41.8 Å². The van der Waals surface area contributed by atoms with Crippen LogP contribution in [0, 0.1) is 0 Å². The van der Waals surface area contributed by atoms with Crippen molar-refractivity contribution in [2.24, 2.45) is 5.73 Å². The van der Waals surface area contributed by atoms with Crippen molar-refractivity contribution in [2.45, 2.75) is 12.0 Å². The lowest BCUT2D eigenvalue weighted by Gasteiger charge is -2.16. The summed E-state index contributed by atoms with van der Waals surface area (Å²) in [6.45, 7) is 0.419. The van der Waals surface area contributed by atoms with Gasteiger partial charge in [0.25, 0.3) is 11.8 Å². The Bertz CT molecular complexity index is 1090. The minimum absolute atomic E-state index is 0.00508. The van der Waals surface area contributed by atoms with Crippen LogP contribution in [0.15, 0.2) is 35.0 Å². The van der Waals surface area contributed by atoms with Crippen LogP contribution < -0.4 is 11.5 Å². The number of amides is 2. The largest absolute Gasteiger partial charge is 0.382 e. The molecule has 1 atom stereocenters. The molecular weight excluding hydrogens is 366 g/mol. The number of likely N-dealkylation sites (N-methyl/N-ethyl adjacent to an activating group) is 1. The van der Waals surface area contributed by atoms with Crippen LogP contribution in [0.4, 0.5) is 5.82 Å². The standard InChI is InChI=1S/C17H17N7O4/c1-23-6-5-17(27,16(23)26)12-7-11(22-28-12)10-3-2-4-13(20-10)24-8-9(15(19)25)14(18)21-24/h2-4,7-8,27H,5-6H2,1H3,(H2,18,21)(H2,19,25)/t17-/m1/s1. The van der Waals surface area contributed by atoms with Crippen LogP contribution in [0.2, 0.25) is 0 Å². The zero-order valence-corrected chi connectivity index (χ0v) is 14.9. The molecule has 1 aliphatic rings. The molecule has 0 spiro atoms. The molecule has 0 radical (unpaired) electrons. The Morgan fingerprint density at radius 1 is 1.36 bits per heavy atom. The van der Waals surface area contributed by atoms with E-state index in [4.69, 9.17) is 16.0 Å². The summed E-state index contributed by atoms with van der Waals surface area (Å²) in [4.78, 5) is 29.4. The van der Waals surface area contributed by atoms with Crippen molar-refractivity contribution in [3.8, 4) is 17.2 Å². The first kappa shape index (κ1) is 17.7. The van der Waals surface area contributed by atoms with Crippen LogP contribution in [0.1, 0.15) is 22.5 Å². The summed E-state index contributed by atoms with van der Waals surface area (Å²) in [5.41, 5.74) is 10.1. The number of nitrogen functional groups attached to an aromatic ring is 1. The van der Waals surface area contributed by atoms with Crippen LogP contribution in [0.25, 0.3) is 17.2 Å². The van der Waals surface area contributed by atoms with Crippen LogP contribution in [0.3, 0.4) is 0 Å². The molecule has 5 N–H and O–H groups in total. The number of nitrogens with two attached hydrogens (primary N) is 2. The number of nitrogens with zero attached hydrogens (tertiary/aromatic N) is 5. The lowest BCUT2D eigenvalue weighted by molar-refractivity contribution is -0.144. The number of aromatic nitrogens is 4. The van der Waals surface area contributed by atoms with E-state index in [2.05, 4.69) is 15.2 Å². The third-order valence-electron chi connectivity index (χ3n) is 4.67. The zero-order valence-electron chi connectivity index (χ0n) is 14.9. The lowest BCUT2D eigenvalue weighted by Crippen LogP contribution is -2.35. The summed E-state index contributed by atoms with van der Waals surface area (Å²) in [5, 5.41) is 18.6. The average Bonchev–Trinajstić information content (AvgIpc) is 3.38. The molecule has 0 bridgehead atoms. The summed E-state index contributed by atoms with van der Waals surface area (Å²) in [6, 6.07) is 6.52. The smallest absolute Gasteiger partial charge is 0.262 e. The molecule has 11 heteroatoms. The van der Waals surface area contributed by atoms with Gasteiger partial charge in [0.15, 0.2) is 17.4 Å². The second kappa shape index (κ2) is 6.16. The fraction of sp³-hybridized carbons (Fsp3) is 0.235. The first-order valence-electron chi connectivity index (χ1n) is 8.37. The Balaban J connectivity index is 1.68. The summed E-state index contributed by atoms with van der Waals surface area (Å²) < 4.78 is 6.56. The van der Waals surface area contributed by atoms with Gasteiger partial charge in [-0.1, -0.05) is 11.2 Å². The van der Waals surface area contributed by atoms with Crippen molar-refractivity contribution in [2.75, 3.05) is 19.3 Å². The Morgan fingerprint density at radius 2 is 2.14 bits per heavy atom. The van der Waals surface area contributed by atoms with Crippen LogP contribution in [-0.2, 0) is 10.4 Å². The molecule has 0 saturated carbocycles. The topological polar surface area (TPSA) is 166 Å². The first-order chi connectivity index (χ1) is 13.3. The van der Waals surface area contributed by atoms with Crippen LogP contribution >= 0.6 is 0 Å². The molecule has 28 heavy (non-hydrogen) atoms. The number of likely N-dealkylation sites (tertiary alicyclic amines) is 1. The number of aliphatic hydroxyl groups is 1. The molecule has 1 aliphatic heterocycles. The van der Waals surface area contributed by atoms with Gasteiger partial charge >= 0.3 is 0 Å². The Kier molecular flexibility index (Phi) is 3.89. The maximum absolute atomic E-state index is 12.2. The number of pyridine rings is 1. The summed E-state index contributed by atoms with van der Waals surface area (Å²) in [5.74, 6) is -0.710. The molecule has 4 heterocycles. The zero-order chi connectivity index (χ0) is 20.1. The SMILES string of the molecule is CN1CC[C@@](O)(c2cc(-c3cccc(-n4cc(C(N)=O)c(N)n4)n3)no2)C1=O. The molecule has 1 fully saturated rings. The molecule has 3 aromatic rings. The summed E-state index contributed by atoms with van der Waals surface area (Å²) >= 11 is 0. The molecule has 4 rings (SSSR count). The predicted molar refractivity (Wildman–Crippen MR) is 95.9 cm³/mol. The normalized spacial score (nSPS) is 19.4. The minimum Gasteiger partial charge on any atom is -0.382 e. The van der Waals surface area contributed by atoms with Gasteiger partial charge in [-0.3, -0.25) is 9.59 Å². The summed E-state index contributed by atoms with van der Waals surface area (Å²) in [6.07, 6.45) is 1.60. The van der Waals surface area contributed by atoms with Crippen LogP contribution in [-0.4, -0.2) is 55.3 Å². The minimum atomic E-state index is -1.73. The second-order valence-electron chi connectivity index (χ2n) is 6.53. The molecule has 1 saturated heterocycles. The molecule has 3 aromatic heterocycles. The van der Waals surface area contributed by atoms with Gasteiger partial charge in [-0.2, -0.15) is 0 Å². The van der Waals surface area contributed by atoms with Crippen molar-refractivity contribution in [3.63, 3.8) is 0 Å². The monoisotopic (exact) mass is 383 g/mol. The number of anilines is 1. The van der Waals surface area contributed by atoms with Crippen LogP contribution in [0.5, 0.6) is 0 Å². The highest BCUT2D eigenvalue weighted by Crippen LogP contribution is 2.34. The van der Waals surface area contributed by atoms with E-state index in [9.17, 15) is 14.7 Å². The van der Waals surface area contributed by atoms with Crippen molar-refractivity contribution in [1.29, 1.82) is 0 Å². The highest BCUT2D eigenvalue weighted by atomic mass is 16.5. The maximum Gasteiger partial charge on any atom is 0.262 e. The van der Waals surface area contributed by atoms with E-state index in [1.807, 2.05) is 0 Å². The van der Waals surface area contributed by atoms with E-state index in [1.165, 1.54) is 21.8 Å². The van der Waals surface area contributed by atoms with Crippen molar-refractivity contribution >= 4 is 17.6 Å². The predicted octanol–water partition coefficient (Wildman–Crippen LogP) is -0.347. The van der Waals surface area contributed by atoms with E-state index >= 15 is 0 Å². The number of carbonyl (C=O) groups excluding carboxylic acids is 2. The Morgan fingerprint density at radius 3 is 2.79 bits per heavy atom. The molecule has 2 amide bonds. The van der Waals surface area contributed by atoms with Gasteiger partial charge in [-0.15, -0.1) is 5.10 Å². The first-order valence-corrected chi connectivity index (χ1v) is 8.37. The highest BCUT2D eigenvalue weighted by Gasteiger charge is 2.48. The number of carbonyl (C=O) groups is 2. The van der Waals surface area contributed by atoms with Gasteiger partial charge < -0.3 is 26.0 Å². The summed E-state index contributed by atoms with van der Waals surface area (Å²) in [7, 11) is 1.61. The fourth-order valence-corrected chi connectivity index (χ4v) is 3.06. The van der Waals surface area contributed by atoms with Gasteiger partial charge in [0.1, 0.15) is 11.3 Å². The van der Waals surface area contributed by atoms with Gasteiger partial charge in [-0.25, -0.2) is 9.67 Å². The lowest BCUT2D eigenvalue weighted by atomic mass is 9.98. The average molecular weight is 383 g/mol. The van der Waals surface area contributed by atoms with E-state index in [1.54, 1.807) is 25.2 Å². The van der Waals surface area contributed by atoms with Gasteiger partial charge in [0.2, 0.25) is 5.60 Å². The van der Waals surface area contributed by atoms with Crippen molar-refractivity contribution < 1.29 is 19.2 Å². The van der Waals surface area contributed by atoms with E-state index in [0.29, 0.717) is 23.8 Å². The number of hydrogen-bond acceptors (Lipinski definition) is 8.